The van der Waals surface area contributed by atoms with Crippen molar-refractivity contribution in [2.75, 3.05) is 0 Å². The van der Waals surface area contributed by atoms with E-state index in [1.807, 2.05) is 52.0 Å². The molecule has 35 heavy (non-hydrogen) atoms. The number of aryl methyl sites for hydroxylation is 2. The fraction of sp³-hybridized carbons (Fsp3) is 0.519. The summed E-state index contributed by atoms with van der Waals surface area (Å²) in [6.45, 7) is 8.79. The lowest BCUT2D eigenvalue weighted by atomic mass is 9.84. The number of benzene rings is 1. The van der Waals surface area contributed by atoms with Crippen molar-refractivity contribution >= 4 is 17.7 Å². The molecule has 3 rings (SSSR count). The number of hydrogen-bond donors (Lipinski definition) is 3. The molecule has 0 saturated heterocycles. The number of imide groups is 1. The van der Waals surface area contributed by atoms with E-state index in [1.165, 1.54) is 13.3 Å². The molecule has 188 valence electrons. The van der Waals surface area contributed by atoms with Gasteiger partial charge in [-0.2, -0.15) is 0 Å². The Hall–Kier alpha value is -3.13. The third-order valence-electron chi connectivity index (χ3n) is 6.43. The van der Waals surface area contributed by atoms with Crippen LogP contribution in [0.3, 0.4) is 0 Å². The Morgan fingerprint density at radius 3 is 2.11 bits per heavy atom. The van der Waals surface area contributed by atoms with Crippen LogP contribution in [-0.4, -0.2) is 39.8 Å². The van der Waals surface area contributed by atoms with Crippen molar-refractivity contribution in [2.45, 2.75) is 84.3 Å². The van der Waals surface area contributed by atoms with E-state index >= 15 is 0 Å². The van der Waals surface area contributed by atoms with Gasteiger partial charge < -0.3 is 5.32 Å². The molecule has 0 unspecified atom stereocenters. The zero-order valence-electron chi connectivity index (χ0n) is 21.4. The van der Waals surface area contributed by atoms with Gasteiger partial charge in [-0.3, -0.25) is 25.0 Å². The van der Waals surface area contributed by atoms with Crippen LogP contribution in [0.15, 0.2) is 36.4 Å². The fourth-order valence-electron chi connectivity index (χ4n) is 4.72. The third kappa shape index (κ3) is 6.31. The Balaban J connectivity index is 2.15. The Morgan fingerprint density at radius 2 is 1.57 bits per heavy atom. The van der Waals surface area contributed by atoms with Crippen LogP contribution in [0.5, 0.6) is 0 Å². The Kier molecular flexibility index (Phi) is 8.72. The SMILES string of the molecule is CC(=O)NC(=O)[C@@](N[C@H](C(=O)NC1CCCCC1)C(C)C)(c1ccccc1)c1nc(C)cc(C)n1. The molecule has 0 bridgehead atoms. The average molecular weight is 480 g/mol. The molecule has 3 amide bonds. The van der Waals surface area contributed by atoms with Gasteiger partial charge in [-0.05, 0) is 44.2 Å². The molecule has 2 atom stereocenters. The quantitative estimate of drug-likeness (QED) is 0.536. The van der Waals surface area contributed by atoms with Crippen molar-refractivity contribution < 1.29 is 14.4 Å². The molecule has 1 saturated carbocycles. The van der Waals surface area contributed by atoms with Crippen molar-refractivity contribution in [1.82, 2.24) is 25.9 Å². The van der Waals surface area contributed by atoms with Crippen LogP contribution >= 0.6 is 0 Å². The normalized spacial score (nSPS) is 16.9. The van der Waals surface area contributed by atoms with Crippen LogP contribution in [0, 0.1) is 19.8 Å². The van der Waals surface area contributed by atoms with Crippen molar-refractivity contribution in [3.63, 3.8) is 0 Å². The zero-order valence-corrected chi connectivity index (χ0v) is 21.4. The van der Waals surface area contributed by atoms with Crippen molar-refractivity contribution in [3.05, 3.63) is 59.2 Å². The van der Waals surface area contributed by atoms with E-state index < -0.39 is 23.4 Å². The van der Waals surface area contributed by atoms with Crippen LogP contribution < -0.4 is 16.0 Å². The molecule has 3 N–H and O–H groups in total. The maximum absolute atomic E-state index is 13.9. The lowest BCUT2D eigenvalue weighted by Crippen LogP contribution is -2.64. The fourth-order valence-corrected chi connectivity index (χ4v) is 4.72. The van der Waals surface area contributed by atoms with Gasteiger partial charge in [0, 0.05) is 24.4 Å². The van der Waals surface area contributed by atoms with Gasteiger partial charge in [0.25, 0.3) is 5.91 Å². The van der Waals surface area contributed by atoms with Gasteiger partial charge in [0.15, 0.2) is 11.4 Å². The van der Waals surface area contributed by atoms with E-state index in [-0.39, 0.29) is 23.7 Å². The highest BCUT2D eigenvalue weighted by Crippen LogP contribution is 2.30. The number of aromatic nitrogens is 2. The summed E-state index contributed by atoms with van der Waals surface area (Å²) in [7, 11) is 0. The van der Waals surface area contributed by atoms with E-state index in [1.54, 1.807) is 12.1 Å². The van der Waals surface area contributed by atoms with E-state index in [2.05, 4.69) is 25.9 Å². The van der Waals surface area contributed by atoms with Crippen LogP contribution in [0.1, 0.15) is 75.7 Å². The average Bonchev–Trinajstić information content (AvgIpc) is 2.79. The van der Waals surface area contributed by atoms with Crippen LogP contribution in [0.4, 0.5) is 0 Å². The molecule has 1 aromatic heterocycles. The monoisotopic (exact) mass is 479 g/mol. The first-order valence-electron chi connectivity index (χ1n) is 12.4. The molecule has 2 aromatic rings. The van der Waals surface area contributed by atoms with E-state index in [0.717, 1.165) is 25.7 Å². The van der Waals surface area contributed by atoms with Crippen molar-refractivity contribution in [3.8, 4) is 0 Å². The number of carbonyl (C=O) groups is 3. The van der Waals surface area contributed by atoms with Gasteiger partial charge >= 0.3 is 0 Å². The largest absolute Gasteiger partial charge is 0.352 e. The molecule has 1 aliphatic carbocycles. The summed E-state index contributed by atoms with van der Waals surface area (Å²) in [4.78, 5) is 48.7. The third-order valence-corrected chi connectivity index (χ3v) is 6.43. The van der Waals surface area contributed by atoms with Gasteiger partial charge in [0.05, 0.1) is 6.04 Å². The topological polar surface area (TPSA) is 113 Å². The molecule has 1 heterocycles. The summed E-state index contributed by atoms with van der Waals surface area (Å²) in [5.41, 5.74) is 0.235. The Labute approximate surface area is 207 Å². The minimum Gasteiger partial charge on any atom is -0.352 e. The minimum absolute atomic E-state index is 0.119. The van der Waals surface area contributed by atoms with E-state index in [4.69, 9.17) is 0 Å². The predicted octanol–water partition coefficient (Wildman–Crippen LogP) is 3.06. The molecule has 1 aromatic carbocycles. The summed E-state index contributed by atoms with van der Waals surface area (Å²) >= 11 is 0. The van der Waals surface area contributed by atoms with Gasteiger partial charge in [-0.25, -0.2) is 9.97 Å². The van der Waals surface area contributed by atoms with Crippen LogP contribution in [0.2, 0.25) is 0 Å². The molecular weight excluding hydrogens is 442 g/mol. The second-order valence-corrected chi connectivity index (χ2v) is 9.81. The van der Waals surface area contributed by atoms with Gasteiger partial charge in [-0.15, -0.1) is 0 Å². The summed E-state index contributed by atoms with van der Waals surface area (Å²) < 4.78 is 0. The number of carbonyl (C=O) groups excluding carboxylic acids is 3. The highest BCUT2D eigenvalue weighted by Gasteiger charge is 2.48. The molecular formula is C27H37N5O3. The highest BCUT2D eigenvalue weighted by molar-refractivity contribution is 6.01. The molecule has 8 heteroatoms. The van der Waals surface area contributed by atoms with Gasteiger partial charge in [0.1, 0.15) is 0 Å². The first kappa shape index (κ1) is 26.5. The lowest BCUT2D eigenvalue weighted by Gasteiger charge is -2.37. The van der Waals surface area contributed by atoms with Crippen LogP contribution in [0.25, 0.3) is 0 Å². The number of rotatable bonds is 8. The standard InChI is InChI=1S/C27H37N5O3/c1-17(2)23(24(34)31-22-14-10-7-11-15-22)32-27(26(35)30-20(5)33,21-12-8-6-9-13-21)25-28-18(3)16-19(4)29-25/h6,8-9,12-13,16-17,22-23,32H,7,10-11,14-15H2,1-5H3,(H,31,34)(H,30,33,35)/t23-,27+/m0/s1. The first-order valence-corrected chi connectivity index (χ1v) is 12.4. The molecule has 1 aliphatic rings. The smallest absolute Gasteiger partial charge is 0.259 e. The summed E-state index contributed by atoms with van der Waals surface area (Å²) in [6.07, 6.45) is 5.27. The van der Waals surface area contributed by atoms with E-state index in [9.17, 15) is 14.4 Å². The molecule has 0 radical (unpaired) electrons. The van der Waals surface area contributed by atoms with Crippen molar-refractivity contribution in [2.24, 2.45) is 5.92 Å². The molecule has 0 aliphatic heterocycles. The van der Waals surface area contributed by atoms with Crippen molar-refractivity contribution in [1.29, 1.82) is 0 Å². The van der Waals surface area contributed by atoms with Gasteiger partial charge in [-0.1, -0.05) is 63.4 Å². The zero-order chi connectivity index (χ0) is 25.6. The number of nitrogens with one attached hydrogen (secondary N) is 3. The second-order valence-electron chi connectivity index (χ2n) is 9.81. The number of amides is 3. The Bertz CT molecular complexity index is 1030. The maximum Gasteiger partial charge on any atom is 0.259 e. The van der Waals surface area contributed by atoms with Crippen LogP contribution in [-0.2, 0) is 19.9 Å². The summed E-state index contributed by atoms with van der Waals surface area (Å²) in [5, 5.41) is 8.97. The minimum atomic E-state index is -1.66. The summed E-state index contributed by atoms with van der Waals surface area (Å²) in [5.74, 6) is -1.27. The molecule has 0 spiro atoms. The molecule has 1 fully saturated rings. The van der Waals surface area contributed by atoms with Gasteiger partial charge in [0.2, 0.25) is 11.8 Å². The summed E-state index contributed by atoms with van der Waals surface area (Å²) in [6, 6.07) is 10.2. The number of hydrogen-bond acceptors (Lipinski definition) is 6. The highest BCUT2D eigenvalue weighted by atomic mass is 16.2. The molecule has 8 nitrogen and oxygen atoms in total. The first-order chi connectivity index (χ1) is 16.6. The Morgan fingerprint density at radius 1 is 0.971 bits per heavy atom. The predicted molar refractivity (Wildman–Crippen MR) is 134 cm³/mol. The number of nitrogens with zero attached hydrogens (tertiary/aromatic N) is 2. The van der Waals surface area contributed by atoms with E-state index in [0.29, 0.717) is 17.0 Å². The lowest BCUT2D eigenvalue weighted by molar-refractivity contribution is -0.134. The maximum atomic E-state index is 13.9. The second kappa shape index (κ2) is 11.5.